The number of ether oxygens (including phenoxy) is 2. The summed E-state index contributed by atoms with van der Waals surface area (Å²) in [5.74, 6) is 6.22. The number of nitrogens with one attached hydrogen (secondary N) is 1. The third kappa shape index (κ3) is 4.01. The second-order valence-corrected chi connectivity index (χ2v) is 4.36. The van der Waals surface area contributed by atoms with Gasteiger partial charge in [-0.15, -0.1) is 0 Å². The van der Waals surface area contributed by atoms with Gasteiger partial charge < -0.3 is 9.47 Å². The molecule has 98 valence electrons. The van der Waals surface area contributed by atoms with Crippen molar-refractivity contribution < 1.29 is 14.3 Å². The Hall–Kier alpha value is -1.59. The van der Waals surface area contributed by atoms with Gasteiger partial charge in [0.05, 0.1) is 6.61 Å². The Bertz CT molecular complexity index is 388. The average molecular weight is 250 g/mol. The predicted molar refractivity (Wildman–Crippen MR) is 67.1 cm³/mol. The zero-order chi connectivity index (χ0) is 12.8. The molecule has 1 aromatic rings. The van der Waals surface area contributed by atoms with Crippen LogP contribution in [0.1, 0.15) is 23.2 Å². The zero-order valence-corrected chi connectivity index (χ0v) is 10.2. The lowest BCUT2D eigenvalue weighted by molar-refractivity contribution is 0.0926. The topological polar surface area (TPSA) is 73.6 Å². The fraction of sp³-hybridized carbons (Fsp3) is 0.462. The minimum atomic E-state index is -0.311. The van der Waals surface area contributed by atoms with E-state index >= 15 is 0 Å². The van der Waals surface area contributed by atoms with E-state index in [-0.39, 0.29) is 5.91 Å². The second kappa shape index (κ2) is 6.37. The molecule has 1 aliphatic carbocycles. The standard InChI is InChI=1S/C13H18N2O3/c14-15-13(16)11-3-5-12(6-4-11)18-8-7-17-9-10-1-2-10/h3-6,10H,1-2,7-9,14H2,(H,15,16). The molecule has 18 heavy (non-hydrogen) atoms. The molecule has 0 atom stereocenters. The lowest BCUT2D eigenvalue weighted by Crippen LogP contribution is -2.29. The van der Waals surface area contributed by atoms with Crippen LogP contribution in [-0.4, -0.2) is 25.7 Å². The summed E-state index contributed by atoms with van der Waals surface area (Å²) in [6, 6.07) is 6.82. The van der Waals surface area contributed by atoms with Gasteiger partial charge in [0.1, 0.15) is 12.4 Å². The molecule has 0 bridgehead atoms. The van der Waals surface area contributed by atoms with E-state index in [4.69, 9.17) is 15.3 Å². The number of carbonyl (C=O) groups is 1. The first-order valence-electron chi connectivity index (χ1n) is 6.11. The Balaban J connectivity index is 1.67. The Labute approximate surface area is 106 Å². The van der Waals surface area contributed by atoms with Crippen molar-refractivity contribution in [1.82, 2.24) is 5.43 Å². The van der Waals surface area contributed by atoms with Crippen molar-refractivity contribution in [2.24, 2.45) is 11.8 Å². The first-order chi connectivity index (χ1) is 8.79. The highest BCUT2D eigenvalue weighted by Gasteiger charge is 2.20. The molecule has 0 aromatic heterocycles. The molecule has 0 aliphatic heterocycles. The summed E-state index contributed by atoms with van der Waals surface area (Å²) in [4.78, 5) is 11.2. The van der Waals surface area contributed by atoms with Crippen LogP contribution in [0.3, 0.4) is 0 Å². The molecule has 2 rings (SSSR count). The van der Waals surface area contributed by atoms with Crippen LogP contribution in [-0.2, 0) is 4.74 Å². The lowest BCUT2D eigenvalue weighted by atomic mass is 10.2. The van der Waals surface area contributed by atoms with E-state index in [1.165, 1.54) is 12.8 Å². The molecule has 0 saturated heterocycles. The van der Waals surface area contributed by atoms with Gasteiger partial charge in [-0.05, 0) is 43.0 Å². The Morgan fingerprint density at radius 1 is 1.28 bits per heavy atom. The van der Waals surface area contributed by atoms with Gasteiger partial charge in [0, 0.05) is 12.2 Å². The second-order valence-electron chi connectivity index (χ2n) is 4.36. The minimum absolute atomic E-state index is 0.311. The number of rotatable bonds is 7. The van der Waals surface area contributed by atoms with Gasteiger partial charge in [-0.25, -0.2) is 5.84 Å². The summed E-state index contributed by atoms with van der Waals surface area (Å²) < 4.78 is 10.9. The SMILES string of the molecule is NNC(=O)c1ccc(OCCOCC2CC2)cc1. The molecule has 1 amide bonds. The maximum Gasteiger partial charge on any atom is 0.265 e. The van der Waals surface area contributed by atoms with Crippen LogP contribution in [0.25, 0.3) is 0 Å². The summed E-state index contributed by atoms with van der Waals surface area (Å²) >= 11 is 0. The van der Waals surface area contributed by atoms with Crippen LogP contribution in [0.5, 0.6) is 5.75 Å². The molecule has 1 aromatic carbocycles. The molecule has 3 N–H and O–H groups in total. The number of nitrogens with two attached hydrogens (primary N) is 1. The van der Waals surface area contributed by atoms with Gasteiger partial charge in [0.15, 0.2) is 0 Å². The molecule has 1 aliphatic rings. The first-order valence-corrected chi connectivity index (χ1v) is 6.11. The van der Waals surface area contributed by atoms with E-state index in [1.807, 2.05) is 0 Å². The van der Waals surface area contributed by atoms with Crippen LogP contribution in [0.2, 0.25) is 0 Å². The average Bonchev–Trinajstić information content (AvgIpc) is 3.22. The first kappa shape index (κ1) is 12.9. The van der Waals surface area contributed by atoms with E-state index in [0.29, 0.717) is 18.8 Å². The Morgan fingerprint density at radius 2 is 2.00 bits per heavy atom. The lowest BCUT2D eigenvalue weighted by Gasteiger charge is -2.07. The van der Waals surface area contributed by atoms with Gasteiger partial charge in [-0.3, -0.25) is 10.2 Å². The van der Waals surface area contributed by atoms with E-state index in [9.17, 15) is 4.79 Å². The maximum atomic E-state index is 11.2. The molecule has 0 radical (unpaired) electrons. The van der Waals surface area contributed by atoms with Crippen molar-refractivity contribution in [3.05, 3.63) is 29.8 Å². The smallest absolute Gasteiger partial charge is 0.265 e. The van der Waals surface area contributed by atoms with Crippen LogP contribution >= 0.6 is 0 Å². The van der Waals surface area contributed by atoms with Crippen molar-refractivity contribution >= 4 is 5.91 Å². The number of amides is 1. The van der Waals surface area contributed by atoms with E-state index < -0.39 is 0 Å². The van der Waals surface area contributed by atoms with Crippen LogP contribution < -0.4 is 16.0 Å². The largest absolute Gasteiger partial charge is 0.491 e. The quantitative estimate of drug-likeness (QED) is 0.329. The highest BCUT2D eigenvalue weighted by atomic mass is 16.5. The van der Waals surface area contributed by atoms with Gasteiger partial charge in [0.25, 0.3) is 5.91 Å². The third-order valence-electron chi connectivity index (χ3n) is 2.79. The molecule has 5 nitrogen and oxygen atoms in total. The summed E-state index contributed by atoms with van der Waals surface area (Å²) in [5.41, 5.74) is 2.59. The molecule has 0 unspecified atom stereocenters. The van der Waals surface area contributed by atoms with Crippen molar-refractivity contribution in [3.63, 3.8) is 0 Å². The molecule has 1 fully saturated rings. The normalized spacial score (nSPS) is 14.3. The van der Waals surface area contributed by atoms with Crippen LogP contribution in [0.15, 0.2) is 24.3 Å². The van der Waals surface area contributed by atoms with Crippen LogP contribution in [0, 0.1) is 5.92 Å². The van der Waals surface area contributed by atoms with Gasteiger partial charge >= 0.3 is 0 Å². The fourth-order valence-corrected chi connectivity index (χ4v) is 1.54. The third-order valence-corrected chi connectivity index (χ3v) is 2.79. The molecule has 0 heterocycles. The molecular formula is C13H18N2O3. The van der Waals surface area contributed by atoms with E-state index in [2.05, 4.69) is 5.43 Å². The highest BCUT2D eigenvalue weighted by Crippen LogP contribution is 2.28. The molecule has 5 heteroatoms. The molecule has 0 spiro atoms. The molecule has 1 saturated carbocycles. The summed E-state index contributed by atoms with van der Waals surface area (Å²) in [5, 5.41) is 0. The fourth-order valence-electron chi connectivity index (χ4n) is 1.54. The number of hydrogen-bond acceptors (Lipinski definition) is 4. The Morgan fingerprint density at radius 3 is 2.61 bits per heavy atom. The Kier molecular flexibility index (Phi) is 4.55. The number of hydrogen-bond donors (Lipinski definition) is 2. The van der Waals surface area contributed by atoms with Crippen LogP contribution in [0.4, 0.5) is 0 Å². The zero-order valence-electron chi connectivity index (χ0n) is 10.2. The summed E-state index contributed by atoms with van der Waals surface area (Å²) in [6.45, 7) is 1.97. The monoisotopic (exact) mass is 250 g/mol. The number of nitrogen functional groups attached to an aromatic ring is 1. The number of benzene rings is 1. The number of carbonyl (C=O) groups excluding carboxylic acids is 1. The van der Waals surface area contributed by atoms with Crippen molar-refractivity contribution in [2.75, 3.05) is 19.8 Å². The van der Waals surface area contributed by atoms with E-state index in [1.54, 1.807) is 24.3 Å². The summed E-state index contributed by atoms with van der Waals surface area (Å²) in [6.07, 6.45) is 2.59. The van der Waals surface area contributed by atoms with E-state index in [0.717, 1.165) is 18.3 Å². The van der Waals surface area contributed by atoms with Crippen molar-refractivity contribution in [1.29, 1.82) is 0 Å². The molecular weight excluding hydrogens is 232 g/mol. The maximum absolute atomic E-state index is 11.2. The number of hydrazine groups is 1. The van der Waals surface area contributed by atoms with Gasteiger partial charge in [0.2, 0.25) is 0 Å². The minimum Gasteiger partial charge on any atom is -0.491 e. The van der Waals surface area contributed by atoms with Crippen molar-refractivity contribution in [3.8, 4) is 5.75 Å². The predicted octanol–water partition coefficient (Wildman–Crippen LogP) is 1.10. The highest BCUT2D eigenvalue weighted by molar-refractivity contribution is 5.93. The van der Waals surface area contributed by atoms with Crippen molar-refractivity contribution in [2.45, 2.75) is 12.8 Å². The van der Waals surface area contributed by atoms with Gasteiger partial charge in [-0.1, -0.05) is 0 Å². The van der Waals surface area contributed by atoms with Gasteiger partial charge in [-0.2, -0.15) is 0 Å². The summed E-state index contributed by atoms with van der Waals surface area (Å²) in [7, 11) is 0.